The molecule has 360 valence electrons. The lowest BCUT2D eigenvalue weighted by molar-refractivity contribution is -0.134. The highest BCUT2D eigenvalue weighted by molar-refractivity contribution is 6.04. The van der Waals surface area contributed by atoms with Crippen molar-refractivity contribution in [2.24, 2.45) is 11.8 Å². The number of amides is 5. The lowest BCUT2D eigenvalue weighted by Gasteiger charge is -2.38. The smallest absolute Gasteiger partial charge is 0.416 e. The van der Waals surface area contributed by atoms with Crippen LogP contribution in [0.5, 0.6) is 0 Å². The molecule has 68 heavy (non-hydrogen) atoms. The van der Waals surface area contributed by atoms with Gasteiger partial charge in [0.25, 0.3) is 12.3 Å². The molecular formula is C48H56F2N10O8. The van der Waals surface area contributed by atoms with E-state index in [-0.39, 0.29) is 54.0 Å². The third-order valence-corrected chi connectivity index (χ3v) is 13.0. The summed E-state index contributed by atoms with van der Waals surface area (Å²) in [6.45, 7) is 10.1. The van der Waals surface area contributed by atoms with E-state index in [0.717, 1.165) is 82.9 Å². The number of carbonyl (C=O) groups is 5. The number of imide groups is 1. The van der Waals surface area contributed by atoms with E-state index < -0.39 is 35.6 Å². The number of fused-ring (bicyclic) bond motifs is 1. The Morgan fingerprint density at radius 2 is 1.68 bits per heavy atom. The van der Waals surface area contributed by atoms with Crippen LogP contribution in [-0.4, -0.2) is 111 Å². The third kappa shape index (κ3) is 11.1. The van der Waals surface area contributed by atoms with Crippen molar-refractivity contribution in [1.29, 1.82) is 0 Å². The van der Waals surface area contributed by atoms with Crippen LogP contribution < -0.4 is 20.9 Å². The van der Waals surface area contributed by atoms with Crippen molar-refractivity contribution in [3.05, 3.63) is 72.2 Å². The minimum atomic E-state index is -2.93. The number of carbonyl (C=O) groups excluding carboxylic acids is 5. The molecule has 4 fully saturated rings. The van der Waals surface area contributed by atoms with Crippen LogP contribution in [0, 0.1) is 11.8 Å². The van der Waals surface area contributed by atoms with E-state index in [4.69, 9.17) is 13.6 Å². The summed E-state index contributed by atoms with van der Waals surface area (Å²) in [7, 11) is 0. The molecule has 3 N–H and O–H groups in total. The minimum Gasteiger partial charge on any atom is -0.464 e. The molecule has 20 heteroatoms. The molecule has 5 amide bonds. The molecule has 1 aromatic carbocycles. The second kappa shape index (κ2) is 19.6. The van der Waals surface area contributed by atoms with Gasteiger partial charge >= 0.3 is 6.09 Å². The highest BCUT2D eigenvalue weighted by Gasteiger charge is 2.34. The summed E-state index contributed by atoms with van der Waals surface area (Å²) in [5.74, 6) is -0.803. The first-order valence-corrected chi connectivity index (χ1v) is 23.3. The van der Waals surface area contributed by atoms with Gasteiger partial charge in [-0.25, -0.2) is 23.5 Å². The van der Waals surface area contributed by atoms with Crippen LogP contribution >= 0.6 is 0 Å². The summed E-state index contributed by atoms with van der Waals surface area (Å²) in [6, 6.07) is 8.49. The van der Waals surface area contributed by atoms with Crippen molar-refractivity contribution in [2.75, 3.05) is 61.3 Å². The first-order chi connectivity index (χ1) is 32.6. The second-order valence-electron chi connectivity index (χ2n) is 19.3. The number of nitrogens with one attached hydrogen (secondary N) is 3. The van der Waals surface area contributed by atoms with Crippen molar-refractivity contribution in [3.63, 3.8) is 0 Å². The quantitative estimate of drug-likeness (QED) is 0.0921. The summed E-state index contributed by atoms with van der Waals surface area (Å²) >= 11 is 0. The lowest BCUT2D eigenvalue weighted by atomic mass is 9.85. The van der Waals surface area contributed by atoms with Crippen molar-refractivity contribution in [2.45, 2.75) is 96.1 Å². The molecule has 0 radical (unpaired) electrons. The van der Waals surface area contributed by atoms with Gasteiger partial charge in [0.05, 0.1) is 30.5 Å². The summed E-state index contributed by atoms with van der Waals surface area (Å²) in [5, 5.41) is 12.9. The number of aromatic nitrogens is 4. The van der Waals surface area contributed by atoms with Gasteiger partial charge in [-0.1, -0.05) is 0 Å². The predicted octanol–water partition coefficient (Wildman–Crippen LogP) is 7.53. The molecule has 6 heterocycles. The maximum Gasteiger partial charge on any atom is 0.416 e. The molecule has 1 atom stereocenters. The molecule has 2 saturated carbocycles. The lowest BCUT2D eigenvalue weighted by Crippen LogP contribution is -2.49. The normalized spacial score (nSPS) is 20.6. The van der Waals surface area contributed by atoms with Gasteiger partial charge in [0.1, 0.15) is 23.3 Å². The molecule has 18 nitrogen and oxygen atoms in total. The molecular weight excluding hydrogens is 883 g/mol. The number of oxazole rings is 1. The molecule has 2 saturated heterocycles. The number of furan rings is 1. The van der Waals surface area contributed by atoms with Crippen LogP contribution in [0.4, 0.5) is 30.8 Å². The minimum absolute atomic E-state index is 0.0895. The van der Waals surface area contributed by atoms with Crippen LogP contribution in [0.3, 0.4) is 0 Å². The van der Waals surface area contributed by atoms with Gasteiger partial charge in [0.15, 0.2) is 11.4 Å². The summed E-state index contributed by atoms with van der Waals surface area (Å²) in [5.41, 5.74) is 0.903. The van der Waals surface area contributed by atoms with Crippen LogP contribution in [-0.2, 0) is 19.1 Å². The fourth-order valence-corrected chi connectivity index (χ4v) is 9.26. The van der Waals surface area contributed by atoms with E-state index in [9.17, 15) is 32.8 Å². The van der Waals surface area contributed by atoms with Gasteiger partial charge < -0.3 is 29.1 Å². The Bertz CT molecular complexity index is 2670. The SMILES string of the molecule is CC(C)(C)OC(=O)N(CC1CC1)c1cc(-c2nc(C(=O)Nc3cn(C4CCC(CN5CCN(CC(=O)Nc6ccc7occ(C8CCC(=O)NC8=O)c7c6)CC5)CC4)nc3C(F)F)co2)ccn1. The average molecular weight is 939 g/mol. The Balaban J connectivity index is 0.740. The van der Waals surface area contributed by atoms with Crippen molar-refractivity contribution in [1.82, 2.24) is 34.9 Å². The van der Waals surface area contributed by atoms with E-state index in [1.54, 1.807) is 62.0 Å². The van der Waals surface area contributed by atoms with Gasteiger partial charge in [-0.05, 0) is 108 Å². The highest BCUT2D eigenvalue weighted by atomic mass is 19.3. The Labute approximate surface area is 391 Å². The monoisotopic (exact) mass is 938 g/mol. The standard InChI is InChI=1S/C48H56F2N10O8/c1-48(2,3)68-47(65)59(23-29-4-5-29)39-20-30(14-15-51-39)46-54-37(27-67-46)45(64)53-36-24-60(56-42(36)43(49)50)32-9-6-28(7-10-32)22-57-16-18-58(19-17-57)25-41(62)52-31-8-12-38-34(21-31)35(26-66-38)33-11-13-40(61)55-44(33)63/h8,12,14-15,20-21,24,26-29,32-33,43H,4-7,9-11,13,16-19,22-23,25H2,1-3H3,(H,52,62)(H,53,64)(H,55,61,63). The maximum absolute atomic E-state index is 14.3. The predicted molar refractivity (Wildman–Crippen MR) is 245 cm³/mol. The zero-order chi connectivity index (χ0) is 47.7. The maximum atomic E-state index is 14.3. The molecule has 4 aromatic heterocycles. The van der Waals surface area contributed by atoms with E-state index in [0.29, 0.717) is 53.0 Å². The Kier molecular flexibility index (Phi) is 13.4. The fourth-order valence-electron chi connectivity index (χ4n) is 9.26. The van der Waals surface area contributed by atoms with E-state index in [1.165, 1.54) is 17.3 Å². The van der Waals surface area contributed by atoms with Crippen LogP contribution in [0.15, 0.2) is 64.1 Å². The van der Waals surface area contributed by atoms with Gasteiger partial charge in [0.2, 0.25) is 23.6 Å². The number of anilines is 3. The van der Waals surface area contributed by atoms with E-state index >= 15 is 0 Å². The van der Waals surface area contributed by atoms with Gasteiger partial charge in [-0.15, -0.1) is 0 Å². The second-order valence-corrected chi connectivity index (χ2v) is 19.3. The molecule has 2 aliphatic heterocycles. The highest BCUT2D eigenvalue weighted by Crippen LogP contribution is 2.37. The largest absolute Gasteiger partial charge is 0.464 e. The Morgan fingerprint density at radius 1 is 0.926 bits per heavy atom. The average Bonchev–Trinajstić information content (AvgIpc) is 3.60. The van der Waals surface area contributed by atoms with Crippen molar-refractivity contribution >= 4 is 57.9 Å². The zero-order valence-electron chi connectivity index (χ0n) is 38.3. The Morgan fingerprint density at radius 3 is 2.40 bits per heavy atom. The number of nitrogens with zero attached hydrogens (tertiary/aromatic N) is 7. The summed E-state index contributed by atoms with van der Waals surface area (Å²) < 4.78 is 47.1. The number of hydrogen-bond acceptors (Lipinski definition) is 13. The molecule has 0 bridgehead atoms. The third-order valence-electron chi connectivity index (χ3n) is 13.0. The summed E-state index contributed by atoms with van der Waals surface area (Å²) in [6.07, 6.45) is 8.16. The number of hydrogen-bond donors (Lipinski definition) is 3. The summed E-state index contributed by atoms with van der Waals surface area (Å²) in [4.78, 5) is 78.6. The van der Waals surface area contributed by atoms with Gasteiger partial charge in [0, 0.05) is 80.3 Å². The molecule has 2 aliphatic carbocycles. The number of halogens is 2. The van der Waals surface area contributed by atoms with E-state index in [1.807, 2.05) is 0 Å². The topological polar surface area (TPSA) is 210 Å². The van der Waals surface area contributed by atoms with Crippen LogP contribution in [0.2, 0.25) is 0 Å². The molecule has 5 aromatic rings. The molecule has 1 unspecified atom stereocenters. The number of alkyl halides is 2. The number of piperidine rings is 1. The fraction of sp³-hybridized carbons (Fsp3) is 0.500. The first kappa shape index (κ1) is 46.6. The molecule has 4 aliphatic rings. The molecule has 9 rings (SSSR count). The number of pyridine rings is 1. The van der Waals surface area contributed by atoms with Crippen molar-refractivity contribution < 1.29 is 46.3 Å². The van der Waals surface area contributed by atoms with Crippen LogP contribution in [0.25, 0.3) is 22.4 Å². The molecule has 0 spiro atoms. The van der Waals surface area contributed by atoms with Gasteiger partial charge in [-0.2, -0.15) is 5.10 Å². The van der Waals surface area contributed by atoms with Crippen molar-refractivity contribution in [3.8, 4) is 11.5 Å². The zero-order valence-corrected chi connectivity index (χ0v) is 38.3. The number of ether oxygens (including phenoxy) is 1. The number of rotatable bonds is 14. The van der Waals surface area contributed by atoms with E-state index in [2.05, 4.69) is 40.8 Å². The van der Waals surface area contributed by atoms with Gasteiger partial charge in [-0.3, -0.25) is 39.0 Å². The number of piperazine rings is 1. The number of benzene rings is 1. The first-order valence-electron chi connectivity index (χ1n) is 23.3. The Hall–Kier alpha value is -6.54. The van der Waals surface area contributed by atoms with Crippen LogP contribution in [0.1, 0.15) is 112 Å².